The molecule has 0 fully saturated rings. The number of benzene rings is 7. The van der Waals surface area contributed by atoms with Crippen molar-refractivity contribution in [1.29, 1.82) is 0 Å². The number of rotatable bonds is 2. The van der Waals surface area contributed by atoms with E-state index in [1.54, 1.807) is 5.56 Å². The van der Waals surface area contributed by atoms with E-state index in [0.717, 1.165) is 0 Å². The lowest BCUT2D eigenvalue weighted by Crippen LogP contribution is -2.61. The lowest BCUT2D eigenvalue weighted by molar-refractivity contribution is 0.332. The molecule has 14 rings (SSSR count). The predicted molar refractivity (Wildman–Crippen MR) is 322 cm³/mol. The number of aryl methyl sites for hydroxylation is 1. The SMILES string of the molecule is Cc1cc2c3c(c1)N(c1ccc4c(c1)C(C)(C)CCC4(C)C)c1c(sc4cc5c(cc14)C(C)(C)CCC5(C)C)B3c1cc3c(cc1N2c1cccc2c1-c1cc4ccccc4cc1C2(C)C)C(C)(C)CCC3(C)C. The highest BCUT2D eigenvalue weighted by molar-refractivity contribution is 7.33. The van der Waals surface area contributed by atoms with E-state index < -0.39 is 0 Å². The van der Waals surface area contributed by atoms with Gasteiger partial charge in [-0.2, -0.15) is 0 Å². The summed E-state index contributed by atoms with van der Waals surface area (Å²) in [7, 11) is 0. The van der Waals surface area contributed by atoms with E-state index in [2.05, 4.69) is 234 Å². The second-order valence-corrected chi connectivity index (χ2v) is 29.7. The zero-order chi connectivity index (χ0) is 51.8. The van der Waals surface area contributed by atoms with Gasteiger partial charge in [0.1, 0.15) is 0 Å². The van der Waals surface area contributed by atoms with Crippen LogP contribution in [-0.2, 0) is 37.9 Å². The molecule has 0 N–H and O–H groups in total. The van der Waals surface area contributed by atoms with E-state index in [1.807, 2.05) is 0 Å². The Morgan fingerprint density at radius 1 is 0.432 bits per heavy atom. The van der Waals surface area contributed by atoms with Crippen molar-refractivity contribution in [2.24, 2.45) is 0 Å². The Morgan fingerprint density at radius 2 is 0.973 bits per heavy atom. The van der Waals surface area contributed by atoms with E-state index >= 15 is 0 Å². The summed E-state index contributed by atoms with van der Waals surface area (Å²) < 4.78 is 2.91. The molecule has 4 aliphatic carbocycles. The highest BCUT2D eigenvalue weighted by Crippen LogP contribution is 2.59. The minimum absolute atomic E-state index is 0.0370. The monoisotopic (exact) mass is 987 g/mol. The van der Waals surface area contributed by atoms with E-state index in [4.69, 9.17) is 0 Å². The molecule has 0 amide bonds. The molecule has 0 saturated heterocycles. The zero-order valence-electron chi connectivity index (χ0n) is 47.0. The van der Waals surface area contributed by atoms with Gasteiger partial charge in [0.2, 0.25) is 0 Å². The third kappa shape index (κ3) is 6.24. The number of nitrogens with zero attached hydrogens (tertiary/aromatic N) is 2. The summed E-state index contributed by atoms with van der Waals surface area (Å²) in [4.78, 5) is 5.55. The van der Waals surface area contributed by atoms with Gasteiger partial charge in [-0.25, -0.2) is 0 Å². The molecule has 1 aromatic heterocycles. The molecule has 4 heteroatoms. The van der Waals surface area contributed by atoms with Crippen molar-refractivity contribution in [3.8, 4) is 11.1 Å². The van der Waals surface area contributed by atoms with Gasteiger partial charge in [-0.15, -0.1) is 11.3 Å². The Kier molecular flexibility index (Phi) is 9.30. The first-order valence-corrected chi connectivity index (χ1v) is 29.0. The second kappa shape index (κ2) is 14.7. The van der Waals surface area contributed by atoms with Crippen LogP contribution in [0.3, 0.4) is 0 Å². The summed E-state index contributed by atoms with van der Waals surface area (Å²) in [5.74, 6) is 0. The quantitative estimate of drug-likeness (QED) is 0.159. The van der Waals surface area contributed by atoms with Gasteiger partial charge < -0.3 is 9.80 Å². The molecule has 0 radical (unpaired) electrons. The number of hydrogen-bond acceptors (Lipinski definition) is 3. The van der Waals surface area contributed by atoms with Crippen LogP contribution in [0.4, 0.5) is 34.1 Å². The average molecular weight is 987 g/mol. The van der Waals surface area contributed by atoms with Gasteiger partial charge in [0.15, 0.2) is 0 Å². The van der Waals surface area contributed by atoms with Crippen molar-refractivity contribution in [2.45, 2.75) is 180 Å². The minimum atomic E-state index is -0.167. The summed E-state index contributed by atoms with van der Waals surface area (Å²) in [5.41, 5.74) is 27.1. The molecular weight excluding hydrogens is 912 g/mol. The third-order valence-corrected chi connectivity index (χ3v) is 21.8. The van der Waals surface area contributed by atoms with Crippen molar-refractivity contribution in [2.75, 3.05) is 9.80 Å². The largest absolute Gasteiger partial charge is 0.311 e. The molecule has 6 aliphatic rings. The molecule has 0 saturated carbocycles. The van der Waals surface area contributed by atoms with Gasteiger partial charge in [-0.3, -0.25) is 0 Å². The standard InChI is InChI=1S/C70H75BN2S/c1-40-31-57-61-58(32-40)73(55-22-18-21-47-60(55)44-33-41-19-16-17-20-42(41)34-48(44)70(47,14)15)56-38-52-51(67(8,9)28-29-68(52,10)11)37-54(56)71(61)63-62(45-36-50-53(39-59(45)74-63)69(12,13)30-27-66(50,6)7)72(57)43-23-24-46-49(35-43)65(4,5)26-25-64(46,2)3/h16-24,31-39H,25-30H2,1-15H3. The summed E-state index contributed by atoms with van der Waals surface area (Å²) in [6, 6.07) is 44.8. The van der Waals surface area contributed by atoms with Crippen LogP contribution in [0.15, 0.2) is 109 Å². The van der Waals surface area contributed by atoms with E-state index in [9.17, 15) is 0 Å². The smallest absolute Gasteiger partial charge is 0.264 e. The maximum atomic E-state index is 2.77. The van der Waals surface area contributed by atoms with Crippen LogP contribution in [0, 0.1) is 6.92 Å². The molecule has 374 valence electrons. The van der Waals surface area contributed by atoms with Crippen LogP contribution >= 0.6 is 11.3 Å². The lowest BCUT2D eigenvalue weighted by Gasteiger charge is -2.47. The minimum Gasteiger partial charge on any atom is -0.311 e. The van der Waals surface area contributed by atoms with Gasteiger partial charge >= 0.3 is 0 Å². The van der Waals surface area contributed by atoms with E-state index in [1.165, 1.54) is 165 Å². The number of anilines is 6. The second-order valence-electron chi connectivity index (χ2n) is 28.6. The fourth-order valence-electron chi connectivity index (χ4n) is 15.6. The molecule has 0 spiro atoms. The fourth-order valence-corrected chi connectivity index (χ4v) is 17.0. The number of fused-ring (bicyclic) bond motifs is 13. The Hall–Kier alpha value is -5.58. The Morgan fingerprint density at radius 3 is 1.61 bits per heavy atom. The first kappa shape index (κ1) is 46.9. The topological polar surface area (TPSA) is 6.48 Å². The highest BCUT2D eigenvalue weighted by Gasteiger charge is 2.50. The normalized spacial score (nSPS) is 21.0. The molecule has 2 aliphatic heterocycles. The molecule has 3 heterocycles. The van der Waals surface area contributed by atoms with Crippen molar-refractivity contribution in [1.82, 2.24) is 0 Å². The Labute approximate surface area is 446 Å². The van der Waals surface area contributed by atoms with Gasteiger partial charge in [0.05, 0.1) is 11.4 Å². The maximum absolute atomic E-state index is 2.77. The summed E-state index contributed by atoms with van der Waals surface area (Å²) >= 11 is 2.09. The molecule has 74 heavy (non-hydrogen) atoms. The van der Waals surface area contributed by atoms with Crippen LogP contribution < -0.4 is 25.5 Å². The molecule has 0 bridgehead atoms. The van der Waals surface area contributed by atoms with Gasteiger partial charge in [-0.1, -0.05) is 145 Å². The fraction of sp³-hybridized carbons (Fsp3) is 0.400. The van der Waals surface area contributed by atoms with Crippen molar-refractivity contribution in [3.05, 3.63) is 159 Å². The molecule has 0 unspecified atom stereocenters. The van der Waals surface area contributed by atoms with Crippen LogP contribution in [0.2, 0.25) is 0 Å². The first-order valence-electron chi connectivity index (χ1n) is 28.2. The van der Waals surface area contributed by atoms with Crippen LogP contribution in [0.1, 0.15) is 186 Å². The average Bonchev–Trinajstić information content (AvgIpc) is 3.83. The van der Waals surface area contributed by atoms with Gasteiger partial charge in [-0.05, 0) is 216 Å². The Bertz CT molecular complexity index is 3810. The van der Waals surface area contributed by atoms with Crippen molar-refractivity contribution >= 4 is 88.7 Å². The molecule has 0 atom stereocenters. The molecular formula is C70H75BN2S. The lowest BCUT2D eigenvalue weighted by atomic mass is 9.35. The van der Waals surface area contributed by atoms with E-state index in [-0.39, 0.29) is 44.6 Å². The number of hydrogen-bond donors (Lipinski definition) is 0. The summed E-state index contributed by atoms with van der Waals surface area (Å²) in [6.45, 7) is 37.3. The Balaban J connectivity index is 1.13. The van der Waals surface area contributed by atoms with Crippen LogP contribution in [0.5, 0.6) is 0 Å². The highest BCUT2D eigenvalue weighted by atomic mass is 32.1. The third-order valence-electron chi connectivity index (χ3n) is 20.6. The molecule has 8 aromatic rings. The van der Waals surface area contributed by atoms with Gasteiger partial charge in [0, 0.05) is 48.6 Å². The first-order chi connectivity index (χ1) is 34.8. The van der Waals surface area contributed by atoms with Crippen LogP contribution in [-0.4, -0.2) is 6.71 Å². The zero-order valence-corrected chi connectivity index (χ0v) is 47.8. The maximum Gasteiger partial charge on any atom is 0.264 e. The number of thiophene rings is 1. The summed E-state index contributed by atoms with van der Waals surface area (Å²) in [5, 5.41) is 4.02. The van der Waals surface area contributed by atoms with Gasteiger partial charge in [0.25, 0.3) is 6.71 Å². The van der Waals surface area contributed by atoms with Crippen molar-refractivity contribution < 1.29 is 0 Å². The molecule has 7 aromatic carbocycles. The van der Waals surface area contributed by atoms with E-state index in [0.29, 0.717) is 0 Å². The predicted octanol–water partition coefficient (Wildman–Crippen LogP) is 17.8. The van der Waals surface area contributed by atoms with Crippen LogP contribution in [0.25, 0.3) is 32.0 Å². The summed E-state index contributed by atoms with van der Waals surface area (Å²) in [6.07, 6.45) is 7.13. The van der Waals surface area contributed by atoms with Crippen molar-refractivity contribution in [3.63, 3.8) is 0 Å². The molecule has 2 nitrogen and oxygen atoms in total.